The zero-order chi connectivity index (χ0) is 24.0. The zero-order valence-corrected chi connectivity index (χ0v) is 18.1. The van der Waals surface area contributed by atoms with Gasteiger partial charge in [-0.1, -0.05) is 18.2 Å². The second kappa shape index (κ2) is 10.5. The molecular formula is C24H23F2N5O2. The summed E-state index contributed by atoms with van der Waals surface area (Å²) in [6, 6.07) is 11.9. The number of benzene rings is 2. The van der Waals surface area contributed by atoms with E-state index < -0.39 is 17.5 Å². The molecule has 7 nitrogen and oxygen atoms in total. The number of aromatic nitrogens is 3. The second-order valence-corrected chi connectivity index (χ2v) is 7.05. The molecule has 33 heavy (non-hydrogen) atoms. The van der Waals surface area contributed by atoms with E-state index in [1.165, 1.54) is 24.3 Å². The number of imidazole rings is 1. The first kappa shape index (κ1) is 23.6. The maximum Gasteiger partial charge on any atom is 0.254 e. The molecule has 2 aromatic heterocycles. The van der Waals surface area contributed by atoms with Gasteiger partial charge in [0.05, 0.1) is 23.8 Å². The Morgan fingerprint density at radius 1 is 1.09 bits per heavy atom. The van der Waals surface area contributed by atoms with E-state index in [-0.39, 0.29) is 17.9 Å². The van der Waals surface area contributed by atoms with E-state index in [1.807, 2.05) is 11.6 Å². The highest BCUT2D eigenvalue weighted by molar-refractivity contribution is 5.95. The number of nitrogens with zero attached hydrogens (tertiary/aromatic N) is 3. The first-order valence-corrected chi connectivity index (χ1v) is 9.92. The molecule has 0 radical (unpaired) electrons. The Morgan fingerprint density at radius 3 is 2.55 bits per heavy atom. The molecule has 0 aliphatic carbocycles. The highest BCUT2D eigenvalue weighted by atomic mass is 19.1. The van der Waals surface area contributed by atoms with Gasteiger partial charge in [0.2, 0.25) is 0 Å². The number of rotatable bonds is 5. The van der Waals surface area contributed by atoms with Crippen LogP contribution in [0, 0.1) is 11.6 Å². The van der Waals surface area contributed by atoms with E-state index in [0.29, 0.717) is 16.7 Å². The van der Waals surface area contributed by atoms with E-state index in [4.69, 9.17) is 10.8 Å². The molecule has 0 aliphatic heterocycles. The molecule has 2 heterocycles. The number of carbonyl (C=O) groups excluding carboxylic acids is 1. The summed E-state index contributed by atoms with van der Waals surface area (Å²) in [6.45, 7) is 0.0847. The number of aliphatic hydroxyl groups is 1. The largest absolute Gasteiger partial charge is 0.400 e. The number of carbonyl (C=O) groups is 1. The van der Waals surface area contributed by atoms with Gasteiger partial charge in [-0.25, -0.2) is 18.7 Å². The number of nitrogens with two attached hydrogens (primary N) is 1. The Kier molecular flexibility index (Phi) is 7.47. The third kappa shape index (κ3) is 5.39. The third-order valence-electron chi connectivity index (χ3n) is 4.90. The molecule has 4 rings (SSSR count). The number of anilines is 1. The van der Waals surface area contributed by atoms with Crippen molar-refractivity contribution in [2.45, 2.75) is 6.54 Å². The molecule has 0 bridgehead atoms. The molecule has 0 atom stereocenters. The molecular weight excluding hydrogens is 428 g/mol. The van der Waals surface area contributed by atoms with Crippen LogP contribution < -0.4 is 11.1 Å². The Bertz CT molecular complexity index is 1270. The minimum Gasteiger partial charge on any atom is -0.400 e. The van der Waals surface area contributed by atoms with Crippen LogP contribution in [0.1, 0.15) is 15.9 Å². The van der Waals surface area contributed by atoms with E-state index in [2.05, 4.69) is 15.3 Å². The van der Waals surface area contributed by atoms with Crippen molar-refractivity contribution in [1.29, 1.82) is 0 Å². The lowest BCUT2D eigenvalue weighted by atomic mass is 10.0. The molecule has 0 aliphatic rings. The van der Waals surface area contributed by atoms with Gasteiger partial charge in [0.1, 0.15) is 17.5 Å². The van der Waals surface area contributed by atoms with Crippen molar-refractivity contribution in [3.8, 4) is 22.4 Å². The summed E-state index contributed by atoms with van der Waals surface area (Å²) in [7, 11) is 2.86. The van der Waals surface area contributed by atoms with Crippen molar-refractivity contribution >= 4 is 11.7 Å². The van der Waals surface area contributed by atoms with E-state index in [1.54, 1.807) is 43.0 Å². The van der Waals surface area contributed by atoms with E-state index >= 15 is 0 Å². The van der Waals surface area contributed by atoms with Crippen LogP contribution in [0.25, 0.3) is 22.4 Å². The van der Waals surface area contributed by atoms with Crippen LogP contribution >= 0.6 is 0 Å². The first-order chi connectivity index (χ1) is 15.9. The maximum absolute atomic E-state index is 14.7. The second-order valence-electron chi connectivity index (χ2n) is 7.05. The number of halogens is 2. The Hall–Kier alpha value is -4.11. The number of aliphatic hydroxyl groups excluding tert-OH is 1. The van der Waals surface area contributed by atoms with Gasteiger partial charge in [0.25, 0.3) is 5.91 Å². The fourth-order valence-electron chi connectivity index (χ4n) is 3.27. The number of hydrogen-bond donors (Lipinski definition) is 3. The number of nitrogen functional groups attached to an aromatic ring is 1. The molecule has 4 aromatic rings. The van der Waals surface area contributed by atoms with Crippen LogP contribution in [0.5, 0.6) is 0 Å². The van der Waals surface area contributed by atoms with Crippen LogP contribution in [0.3, 0.4) is 0 Å². The Morgan fingerprint density at radius 2 is 1.88 bits per heavy atom. The minimum atomic E-state index is -0.695. The van der Waals surface area contributed by atoms with Crippen LogP contribution in [-0.2, 0) is 13.6 Å². The summed E-state index contributed by atoms with van der Waals surface area (Å²) in [5, 5.41) is 9.60. The van der Waals surface area contributed by atoms with Crippen molar-refractivity contribution in [2.75, 3.05) is 12.8 Å². The van der Waals surface area contributed by atoms with Crippen LogP contribution in [0.4, 0.5) is 14.6 Å². The van der Waals surface area contributed by atoms with E-state index in [0.717, 1.165) is 18.4 Å². The molecule has 4 N–H and O–H groups in total. The standard InChI is InChI=1S/C23H19F2N5O.CH4O/c1-30-13-27-12-21(30)16-8-19(22(26)28-11-16)15-5-6-18(20(25)9-15)23(31)29-10-14-3-2-4-17(24)7-14;1-2/h2-9,11-13H,10H2,1H3,(H2,26,28)(H,29,31);2H,1H3. The quantitative estimate of drug-likeness (QED) is 0.430. The molecule has 1 amide bonds. The predicted molar refractivity (Wildman–Crippen MR) is 122 cm³/mol. The fourth-order valence-corrected chi connectivity index (χ4v) is 3.27. The summed E-state index contributed by atoms with van der Waals surface area (Å²) < 4.78 is 29.9. The third-order valence-corrected chi connectivity index (χ3v) is 4.90. The van der Waals surface area contributed by atoms with Crippen molar-refractivity contribution in [3.05, 3.63) is 90.0 Å². The minimum absolute atomic E-state index is 0.0847. The summed E-state index contributed by atoms with van der Waals surface area (Å²) in [5.74, 6) is -1.45. The number of hydrogen-bond acceptors (Lipinski definition) is 5. The van der Waals surface area contributed by atoms with Crippen molar-refractivity contribution < 1.29 is 18.7 Å². The molecule has 170 valence electrons. The summed E-state index contributed by atoms with van der Waals surface area (Å²) >= 11 is 0. The molecule has 2 aromatic carbocycles. The molecule has 9 heteroatoms. The average Bonchev–Trinajstić information content (AvgIpc) is 3.25. The van der Waals surface area contributed by atoms with Gasteiger partial charge in [-0.15, -0.1) is 0 Å². The summed E-state index contributed by atoms with van der Waals surface area (Å²) in [4.78, 5) is 20.7. The normalized spacial score (nSPS) is 10.3. The summed E-state index contributed by atoms with van der Waals surface area (Å²) in [6.07, 6.45) is 4.99. The van der Waals surface area contributed by atoms with Gasteiger partial charge >= 0.3 is 0 Å². The lowest BCUT2D eigenvalue weighted by Gasteiger charge is -2.11. The predicted octanol–water partition coefficient (Wildman–Crippen LogP) is 3.55. The molecule has 0 unspecified atom stereocenters. The average molecular weight is 451 g/mol. The lowest BCUT2D eigenvalue weighted by Crippen LogP contribution is -2.23. The maximum atomic E-state index is 14.7. The lowest BCUT2D eigenvalue weighted by molar-refractivity contribution is 0.0947. The van der Waals surface area contributed by atoms with Crippen LogP contribution in [-0.4, -0.2) is 32.7 Å². The molecule has 0 saturated carbocycles. The van der Waals surface area contributed by atoms with Gasteiger partial charge < -0.3 is 20.7 Å². The first-order valence-electron chi connectivity index (χ1n) is 9.92. The number of nitrogens with one attached hydrogen (secondary N) is 1. The van der Waals surface area contributed by atoms with Gasteiger partial charge in [0, 0.05) is 38.0 Å². The monoisotopic (exact) mass is 451 g/mol. The van der Waals surface area contributed by atoms with Gasteiger partial charge in [-0.3, -0.25) is 4.79 Å². The topological polar surface area (TPSA) is 106 Å². The Balaban J connectivity index is 0.00000149. The smallest absolute Gasteiger partial charge is 0.254 e. The van der Waals surface area contributed by atoms with Crippen molar-refractivity contribution in [2.24, 2.45) is 7.05 Å². The molecule has 0 spiro atoms. The number of aryl methyl sites for hydroxylation is 1. The summed E-state index contributed by atoms with van der Waals surface area (Å²) in [5.41, 5.74) is 9.14. The van der Waals surface area contributed by atoms with Crippen molar-refractivity contribution in [3.63, 3.8) is 0 Å². The van der Waals surface area contributed by atoms with E-state index in [9.17, 15) is 13.6 Å². The number of pyridine rings is 1. The molecule has 0 fully saturated rings. The highest BCUT2D eigenvalue weighted by Crippen LogP contribution is 2.30. The van der Waals surface area contributed by atoms with Gasteiger partial charge in [0.15, 0.2) is 0 Å². The van der Waals surface area contributed by atoms with Crippen LogP contribution in [0.2, 0.25) is 0 Å². The fraction of sp³-hybridized carbons (Fsp3) is 0.125. The highest BCUT2D eigenvalue weighted by Gasteiger charge is 2.15. The van der Waals surface area contributed by atoms with Gasteiger partial charge in [-0.2, -0.15) is 0 Å². The SMILES string of the molecule is CO.Cn1cncc1-c1cnc(N)c(-c2ccc(C(=O)NCc3cccc(F)c3)c(F)c2)c1. The molecule has 0 saturated heterocycles. The zero-order valence-electron chi connectivity index (χ0n) is 18.1. The Labute approximate surface area is 189 Å². The van der Waals surface area contributed by atoms with Gasteiger partial charge in [-0.05, 0) is 41.5 Å². The number of amides is 1. The van der Waals surface area contributed by atoms with Crippen LogP contribution in [0.15, 0.2) is 67.3 Å². The van der Waals surface area contributed by atoms with Crippen molar-refractivity contribution in [1.82, 2.24) is 19.9 Å².